The van der Waals surface area contributed by atoms with E-state index in [1.54, 1.807) is 24.3 Å². The van der Waals surface area contributed by atoms with Crippen LogP contribution in [0.3, 0.4) is 0 Å². The maximum atomic E-state index is 12.9. The third kappa shape index (κ3) is 3.98. The van der Waals surface area contributed by atoms with E-state index in [1.165, 1.54) is 10.9 Å². The molecule has 1 N–H and O–H groups in total. The number of hydrogen-bond donors (Lipinski definition) is 1. The number of aryl methyl sites for hydroxylation is 1. The van der Waals surface area contributed by atoms with Gasteiger partial charge in [-0.15, -0.1) is 0 Å². The van der Waals surface area contributed by atoms with E-state index >= 15 is 0 Å². The van der Waals surface area contributed by atoms with Crippen LogP contribution in [0.1, 0.15) is 23.2 Å². The molecule has 1 aromatic carbocycles. The van der Waals surface area contributed by atoms with Crippen LogP contribution < -0.4 is 0 Å². The van der Waals surface area contributed by atoms with Crippen LogP contribution in [-0.2, 0) is 19.1 Å². The van der Waals surface area contributed by atoms with Gasteiger partial charge in [-0.3, -0.25) is 4.68 Å². The van der Waals surface area contributed by atoms with Gasteiger partial charge in [0.25, 0.3) is 0 Å². The number of aliphatic hydroxyl groups is 1. The van der Waals surface area contributed by atoms with Crippen molar-refractivity contribution in [2.45, 2.75) is 25.6 Å². The van der Waals surface area contributed by atoms with Crippen molar-refractivity contribution in [2.75, 3.05) is 6.61 Å². The summed E-state index contributed by atoms with van der Waals surface area (Å²) in [6.07, 6.45) is -2.74. The number of hydrogen-bond acceptors (Lipinski definition) is 2. The van der Waals surface area contributed by atoms with Crippen LogP contribution in [0.2, 0.25) is 5.02 Å². The quantitative estimate of drug-likeness (QED) is 0.916. The van der Waals surface area contributed by atoms with Gasteiger partial charge in [-0.1, -0.05) is 29.8 Å². The average Bonchev–Trinajstić information content (AvgIpc) is 2.82. The maximum absolute atomic E-state index is 12.9. The molecule has 0 bridgehead atoms. The van der Waals surface area contributed by atoms with E-state index in [0.29, 0.717) is 10.6 Å². The van der Waals surface area contributed by atoms with E-state index < -0.39 is 11.9 Å². The van der Waals surface area contributed by atoms with Crippen LogP contribution in [0.5, 0.6) is 0 Å². The Morgan fingerprint density at radius 3 is 2.52 bits per heavy atom. The molecule has 0 aliphatic heterocycles. The lowest BCUT2D eigenvalue weighted by molar-refractivity contribution is -0.142. The van der Waals surface area contributed by atoms with Gasteiger partial charge >= 0.3 is 6.18 Å². The lowest BCUT2D eigenvalue weighted by Crippen LogP contribution is -2.10. The van der Waals surface area contributed by atoms with Gasteiger partial charge in [-0.25, -0.2) is 0 Å². The van der Waals surface area contributed by atoms with Crippen molar-refractivity contribution in [3.8, 4) is 0 Å². The molecular weight excluding hydrogens is 305 g/mol. The normalized spacial score (nSPS) is 11.9. The summed E-state index contributed by atoms with van der Waals surface area (Å²) < 4.78 is 40.1. The van der Waals surface area contributed by atoms with Crippen molar-refractivity contribution in [1.29, 1.82) is 0 Å². The molecule has 0 aliphatic rings. The molecule has 0 radical (unpaired) electrons. The summed E-state index contributed by atoms with van der Waals surface area (Å²) >= 11 is 6.00. The number of rotatable bonds is 5. The second-order valence-corrected chi connectivity index (χ2v) is 5.02. The Balaban J connectivity index is 2.29. The highest BCUT2D eigenvalue weighted by Crippen LogP contribution is 2.31. The molecule has 2 aromatic rings. The van der Waals surface area contributed by atoms with E-state index in [0.717, 1.165) is 0 Å². The lowest BCUT2D eigenvalue weighted by atomic mass is 10.1. The number of halogens is 4. The molecule has 0 saturated heterocycles. The minimum atomic E-state index is -4.50. The van der Waals surface area contributed by atoms with Crippen LogP contribution in [0.25, 0.3) is 0 Å². The Labute approximate surface area is 125 Å². The molecular formula is C14H14ClF3N2O. The van der Waals surface area contributed by atoms with Gasteiger partial charge in [-0.2, -0.15) is 18.3 Å². The molecule has 21 heavy (non-hydrogen) atoms. The molecule has 2 rings (SSSR count). The molecule has 0 saturated carbocycles. The molecule has 0 spiro atoms. The fraction of sp³-hybridized carbons (Fsp3) is 0.357. The van der Waals surface area contributed by atoms with Gasteiger partial charge < -0.3 is 5.11 Å². The zero-order valence-corrected chi connectivity index (χ0v) is 11.8. The Morgan fingerprint density at radius 1 is 1.19 bits per heavy atom. The Hall–Kier alpha value is -1.53. The van der Waals surface area contributed by atoms with Crippen LogP contribution in [0.15, 0.2) is 30.5 Å². The highest BCUT2D eigenvalue weighted by molar-refractivity contribution is 6.31. The third-order valence-corrected chi connectivity index (χ3v) is 3.37. The number of alkyl halides is 3. The summed E-state index contributed by atoms with van der Waals surface area (Å²) in [6, 6.07) is 6.94. The van der Waals surface area contributed by atoms with Gasteiger partial charge in [0.2, 0.25) is 0 Å². The van der Waals surface area contributed by atoms with Crippen molar-refractivity contribution in [1.82, 2.24) is 9.78 Å². The monoisotopic (exact) mass is 318 g/mol. The van der Waals surface area contributed by atoms with E-state index in [-0.39, 0.29) is 31.6 Å². The highest BCUT2D eigenvalue weighted by Gasteiger charge is 2.36. The predicted octanol–water partition coefficient (Wildman–Crippen LogP) is 3.53. The standard InChI is InChI=1S/C14H14ClF3N2O/c15-12-6-2-1-4-10(12)8-20-9-11(5-3-7-21)13(19-20)14(16,17)18/h1-2,4,6,9,21H,3,5,7-8H2. The van der Waals surface area contributed by atoms with Crippen molar-refractivity contribution in [3.05, 3.63) is 52.3 Å². The van der Waals surface area contributed by atoms with Crippen molar-refractivity contribution in [2.24, 2.45) is 0 Å². The van der Waals surface area contributed by atoms with E-state index in [2.05, 4.69) is 5.10 Å². The molecule has 3 nitrogen and oxygen atoms in total. The minimum absolute atomic E-state index is 0.0867. The summed E-state index contributed by atoms with van der Waals surface area (Å²) in [5, 5.41) is 12.9. The van der Waals surface area contributed by atoms with Crippen LogP contribution in [0, 0.1) is 0 Å². The van der Waals surface area contributed by atoms with Crippen molar-refractivity contribution in [3.63, 3.8) is 0 Å². The number of aromatic nitrogens is 2. The van der Waals surface area contributed by atoms with Crippen LogP contribution in [-0.4, -0.2) is 21.5 Å². The molecule has 1 aromatic heterocycles. The summed E-state index contributed by atoms with van der Waals surface area (Å²) in [7, 11) is 0. The molecule has 114 valence electrons. The average molecular weight is 319 g/mol. The number of benzene rings is 1. The molecule has 0 fully saturated rings. The first-order valence-electron chi connectivity index (χ1n) is 6.39. The van der Waals surface area contributed by atoms with E-state index in [1.807, 2.05) is 0 Å². The Morgan fingerprint density at radius 2 is 1.90 bits per heavy atom. The van der Waals surface area contributed by atoms with Gasteiger partial charge in [-0.05, 0) is 24.5 Å². The van der Waals surface area contributed by atoms with Gasteiger partial charge in [0.05, 0.1) is 6.54 Å². The summed E-state index contributed by atoms with van der Waals surface area (Å²) in [4.78, 5) is 0. The van der Waals surface area contributed by atoms with Crippen molar-refractivity contribution >= 4 is 11.6 Å². The Kier molecular flexibility index (Phi) is 4.90. The lowest BCUT2D eigenvalue weighted by Gasteiger charge is -2.05. The number of aliphatic hydroxyl groups excluding tert-OH is 1. The zero-order valence-electron chi connectivity index (χ0n) is 11.1. The Bertz CT molecular complexity index is 611. The van der Waals surface area contributed by atoms with Crippen LogP contribution in [0.4, 0.5) is 13.2 Å². The first-order valence-corrected chi connectivity index (χ1v) is 6.77. The van der Waals surface area contributed by atoms with E-state index in [9.17, 15) is 13.2 Å². The summed E-state index contributed by atoms with van der Waals surface area (Å²) in [5.74, 6) is 0. The summed E-state index contributed by atoms with van der Waals surface area (Å²) in [5.41, 5.74) is -0.115. The first kappa shape index (κ1) is 15.9. The minimum Gasteiger partial charge on any atom is -0.396 e. The fourth-order valence-electron chi connectivity index (χ4n) is 2.04. The molecule has 0 atom stereocenters. The zero-order chi connectivity index (χ0) is 15.5. The predicted molar refractivity (Wildman–Crippen MR) is 73.2 cm³/mol. The SMILES string of the molecule is OCCCc1cn(Cc2ccccc2Cl)nc1C(F)(F)F. The smallest absolute Gasteiger partial charge is 0.396 e. The topological polar surface area (TPSA) is 38.0 Å². The highest BCUT2D eigenvalue weighted by atomic mass is 35.5. The molecule has 1 heterocycles. The third-order valence-electron chi connectivity index (χ3n) is 3.00. The fourth-order valence-corrected chi connectivity index (χ4v) is 2.23. The van der Waals surface area contributed by atoms with Crippen molar-refractivity contribution < 1.29 is 18.3 Å². The van der Waals surface area contributed by atoms with E-state index in [4.69, 9.17) is 16.7 Å². The molecule has 7 heteroatoms. The maximum Gasteiger partial charge on any atom is 0.435 e. The molecule has 0 aliphatic carbocycles. The second-order valence-electron chi connectivity index (χ2n) is 4.62. The van der Waals surface area contributed by atoms with Crippen LogP contribution >= 0.6 is 11.6 Å². The van der Waals surface area contributed by atoms with Gasteiger partial charge in [0.1, 0.15) is 0 Å². The van der Waals surface area contributed by atoms with Gasteiger partial charge in [0.15, 0.2) is 5.69 Å². The molecule has 0 unspecified atom stereocenters. The second kappa shape index (κ2) is 6.49. The largest absolute Gasteiger partial charge is 0.435 e. The number of nitrogens with zero attached hydrogens (tertiary/aromatic N) is 2. The van der Waals surface area contributed by atoms with Gasteiger partial charge in [0, 0.05) is 23.4 Å². The first-order chi connectivity index (χ1) is 9.91. The molecule has 0 amide bonds. The summed E-state index contributed by atoms with van der Waals surface area (Å²) in [6.45, 7) is 0.00880.